The number of hydrogen-bond donors (Lipinski definition) is 2. The average Bonchev–Trinajstić information content (AvgIpc) is 2.27. The second-order valence-corrected chi connectivity index (χ2v) is 3.75. The fourth-order valence-electron chi connectivity index (χ4n) is 1.66. The van der Waals surface area contributed by atoms with Gasteiger partial charge in [0.2, 0.25) is 0 Å². The molecule has 0 aliphatic rings. The maximum Gasteiger partial charge on any atom is 0.303 e. The highest BCUT2D eigenvalue weighted by Gasteiger charge is 2.05. The van der Waals surface area contributed by atoms with E-state index in [0.717, 1.165) is 6.07 Å². The molecule has 0 saturated heterocycles. The van der Waals surface area contributed by atoms with Crippen molar-refractivity contribution in [3.63, 3.8) is 0 Å². The van der Waals surface area contributed by atoms with Crippen LogP contribution in [0.3, 0.4) is 0 Å². The number of halogens is 1. The van der Waals surface area contributed by atoms with Gasteiger partial charge in [-0.1, -0.05) is 6.07 Å². The van der Waals surface area contributed by atoms with Crippen LogP contribution in [0.5, 0.6) is 0 Å². The molecule has 0 atom stereocenters. The molecule has 1 aromatic carbocycles. The fourth-order valence-corrected chi connectivity index (χ4v) is 1.66. The highest BCUT2D eigenvalue weighted by molar-refractivity contribution is 5.81. The van der Waals surface area contributed by atoms with Crippen molar-refractivity contribution in [1.29, 1.82) is 0 Å². The van der Waals surface area contributed by atoms with E-state index in [0.29, 0.717) is 11.1 Å². The number of aromatic nitrogens is 1. The number of hydrogen-bond acceptors (Lipinski definition) is 2. The first-order valence-corrected chi connectivity index (χ1v) is 5.09. The number of nitrogens with one attached hydrogen (secondary N) is 1. The molecule has 2 aromatic rings. The van der Waals surface area contributed by atoms with Crippen molar-refractivity contribution in [2.24, 2.45) is 0 Å². The number of benzene rings is 1. The summed E-state index contributed by atoms with van der Waals surface area (Å²) in [7, 11) is 0. The van der Waals surface area contributed by atoms with Crippen molar-refractivity contribution in [2.45, 2.75) is 12.8 Å². The van der Waals surface area contributed by atoms with Crippen LogP contribution >= 0.6 is 0 Å². The number of carboxylic acid groups (broad SMARTS) is 1. The van der Waals surface area contributed by atoms with Crippen LogP contribution < -0.4 is 5.56 Å². The van der Waals surface area contributed by atoms with Gasteiger partial charge in [0.15, 0.2) is 0 Å². The van der Waals surface area contributed by atoms with Crippen molar-refractivity contribution >= 4 is 16.7 Å². The molecule has 0 radical (unpaired) electrons. The second kappa shape index (κ2) is 4.37. The Morgan fingerprint density at radius 3 is 2.82 bits per heavy atom. The lowest BCUT2D eigenvalue weighted by atomic mass is 10.1. The van der Waals surface area contributed by atoms with Gasteiger partial charge in [-0.05, 0) is 30.0 Å². The number of rotatable bonds is 3. The Labute approximate surface area is 95.7 Å². The SMILES string of the molecule is O=C(O)CCc1cc2ccc(F)cc2c(=O)[nH]1. The smallest absolute Gasteiger partial charge is 0.303 e. The molecule has 4 nitrogen and oxygen atoms in total. The number of fused-ring (bicyclic) bond motifs is 1. The standard InChI is InChI=1S/C12H10FNO3/c13-8-2-1-7-5-9(3-4-11(15)16)14-12(17)10(7)6-8/h1-2,5-6H,3-4H2,(H,14,17)(H,15,16). The van der Waals surface area contributed by atoms with E-state index < -0.39 is 17.3 Å². The summed E-state index contributed by atoms with van der Waals surface area (Å²) in [5.41, 5.74) is 0.138. The highest BCUT2D eigenvalue weighted by Crippen LogP contribution is 2.13. The van der Waals surface area contributed by atoms with Crippen molar-refractivity contribution in [3.8, 4) is 0 Å². The predicted octanol–water partition coefficient (Wildman–Crippen LogP) is 1.68. The molecule has 0 fully saturated rings. The van der Waals surface area contributed by atoms with Gasteiger partial charge in [0, 0.05) is 11.1 Å². The van der Waals surface area contributed by atoms with E-state index in [1.165, 1.54) is 12.1 Å². The molecular weight excluding hydrogens is 225 g/mol. The molecule has 17 heavy (non-hydrogen) atoms. The molecular formula is C12H10FNO3. The maximum absolute atomic E-state index is 12.9. The van der Waals surface area contributed by atoms with E-state index >= 15 is 0 Å². The number of H-pyrrole nitrogens is 1. The summed E-state index contributed by atoms with van der Waals surface area (Å²) in [6.07, 6.45) is 0.195. The van der Waals surface area contributed by atoms with E-state index in [1.807, 2.05) is 0 Å². The molecule has 1 aromatic heterocycles. The summed E-state index contributed by atoms with van der Waals surface area (Å²) < 4.78 is 12.9. The third-order valence-electron chi connectivity index (χ3n) is 2.47. The van der Waals surface area contributed by atoms with Crippen LogP contribution in [0.1, 0.15) is 12.1 Å². The third-order valence-corrected chi connectivity index (χ3v) is 2.47. The first-order chi connectivity index (χ1) is 8.06. The van der Waals surface area contributed by atoms with Gasteiger partial charge in [-0.2, -0.15) is 0 Å². The van der Waals surface area contributed by atoms with Crippen LogP contribution in [0, 0.1) is 5.82 Å². The zero-order chi connectivity index (χ0) is 12.4. The highest BCUT2D eigenvalue weighted by atomic mass is 19.1. The molecule has 1 heterocycles. The monoisotopic (exact) mass is 235 g/mol. The topological polar surface area (TPSA) is 70.2 Å². The summed E-state index contributed by atoms with van der Waals surface area (Å²) in [5, 5.41) is 9.43. The molecule has 0 aliphatic carbocycles. The number of aromatic amines is 1. The molecule has 0 bridgehead atoms. The molecule has 0 aliphatic heterocycles. The van der Waals surface area contributed by atoms with Gasteiger partial charge in [0.05, 0.1) is 6.42 Å². The van der Waals surface area contributed by atoms with Gasteiger partial charge in [-0.25, -0.2) is 4.39 Å². The second-order valence-electron chi connectivity index (χ2n) is 3.75. The Hall–Kier alpha value is -2.17. The van der Waals surface area contributed by atoms with Gasteiger partial charge >= 0.3 is 5.97 Å². The summed E-state index contributed by atoms with van der Waals surface area (Å²) in [5.74, 6) is -1.40. The summed E-state index contributed by atoms with van der Waals surface area (Å²) >= 11 is 0. The van der Waals surface area contributed by atoms with E-state index in [1.54, 1.807) is 6.07 Å². The number of carboxylic acids is 1. The summed E-state index contributed by atoms with van der Waals surface area (Å²) in [6.45, 7) is 0. The predicted molar refractivity (Wildman–Crippen MR) is 60.5 cm³/mol. The van der Waals surface area contributed by atoms with Gasteiger partial charge in [0.25, 0.3) is 5.56 Å². The quantitative estimate of drug-likeness (QED) is 0.850. The van der Waals surface area contributed by atoms with Crippen molar-refractivity contribution < 1.29 is 14.3 Å². The zero-order valence-corrected chi connectivity index (χ0v) is 8.87. The Morgan fingerprint density at radius 1 is 1.35 bits per heavy atom. The molecule has 88 valence electrons. The van der Waals surface area contributed by atoms with Crippen molar-refractivity contribution in [3.05, 3.63) is 46.1 Å². The summed E-state index contributed by atoms with van der Waals surface area (Å²) in [4.78, 5) is 24.6. The molecule has 2 rings (SSSR count). The minimum atomic E-state index is -0.926. The molecule has 0 amide bonds. The van der Waals surface area contributed by atoms with Crippen molar-refractivity contribution in [1.82, 2.24) is 4.98 Å². The molecule has 5 heteroatoms. The van der Waals surface area contributed by atoms with Crippen LogP contribution in [0.4, 0.5) is 4.39 Å². The van der Waals surface area contributed by atoms with Gasteiger partial charge in [-0.15, -0.1) is 0 Å². The number of pyridine rings is 1. The van der Waals surface area contributed by atoms with Crippen molar-refractivity contribution in [2.75, 3.05) is 0 Å². The van der Waals surface area contributed by atoms with Crippen LogP contribution in [0.25, 0.3) is 10.8 Å². The normalized spacial score (nSPS) is 10.6. The van der Waals surface area contributed by atoms with E-state index in [9.17, 15) is 14.0 Å². The average molecular weight is 235 g/mol. The number of aryl methyl sites for hydroxylation is 1. The van der Waals surface area contributed by atoms with Crippen LogP contribution in [-0.4, -0.2) is 16.1 Å². The Balaban J connectivity index is 2.45. The minimum absolute atomic E-state index is 0.0529. The van der Waals surface area contributed by atoms with Gasteiger partial charge in [0.1, 0.15) is 5.82 Å². The molecule has 0 unspecified atom stereocenters. The van der Waals surface area contributed by atoms with E-state index in [4.69, 9.17) is 5.11 Å². The Morgan fingerprint density at radius 2 is 2.12 bits per heavy atom. The minimum Gasteiger partial charge on any atom is -0.481 e. The molecule has 0 saturated carbocycles. The largest absolute Gasteiger partial charge is 0.481 e. The van der Waals surface area contributed by atoms with E-state index in [-0.39, 0.29) is 18.2 Å². The van der Waals surface area contributed by atoms with Crippen LogP contribution in [0.2, 0.25) is 0 Å². The lowest BCUT2D eigenvalue weighted by Gasteiger charge is -2.02. The number of aliphatic carboxylic acids is 1. The van der Waals surface area contributed by atoms with Gasteiger partial charge < -0.3 is 10.1 Å². The first-order valence-electron chi connectivity index (χ1n) is 5.09. The zero-order valence-electron chi connectivity index (χ0n) is 8.87. The number of carbonyl (C=O) groups is 1. The lowest BCUT2D eigenvalue weighted by molar-refractivity contribution is -0.136. The Bertz CT molecular complexity index is 633. The Kier molecular flexibility index (Phi) is 2.91. The van der Waals surface area contributed by atoms with Crippen LogP contribution in [0.15, 0.2) is 29.1 Å². The summed E-state index contributed by atoms with van der Waals surface area (Å²) in [6, 6.07) is 5.60. The molecule has 2 N–H and O–H groups in total. The van der Waals surface area contributed by atoms with Crippen LogP contribution in [-0.2, 0) is 11.2 Å². The lowest BCUT2D eigenvalue weighted by Crippen LogP contribution is -2.10. The fraction of sp³-hybridized carbons (Fsp3) is 0.167. The van der Waals surface area contributed by atoms with Gasteiger partial charge in [-0.3, -0.25) is 9.59 Å². The maximum atomic E-state index is 12.9. The molecule has 0 spiro atoms. The van der Waals surface area contributed by atoms with E-state index in [2.05, 4.69) is 4.98 Å². The third kappa shape index (κ3) is 2.50. The first kappa shape index (κ1) is 11.3.